The molecule has 4 N–H and O–H groups in total. The third kappa shape index (κ3) is 3.88. The van der Waals surface area contributed by atoms with Gasteiger partial charge in [-0.1, -0.05) is 27.5 Å². The molecule has 0 radical (unpaired) electrons. The molecule has 0 bridgehead atoms. The summed E-state index contributed by atoms with van der Waals surface area (Å²) >= 11 is 8.98. The van der Waals surface area contributed by atoms with Gasteiger partial charge in [0.25, 0.3) is 0 Å². The van der Waals surface area contributed by atoms with Crippen molar-refractivity contribution in [3.63, 3.8) is 0 Å². The number of nitrogens with one attached hydrogen (secondary N) is 1. The third-order valence-corrected chi connectivity index (χ3v) is 5.00. The summed E-state index contributed by atoms with van der Waals surface area (Å²) < 4.78 is 26.9. The smallest absolute Gasteiger partial charge is 0.242 e. The lowest BCUT2D eigenvalue weighted by atomic mass is 10.1. The summed E-state index contributed by atoms with van der Waals surface area (Å²) in [6.07, 6.45) is 0. The molecule has 0 atom stereocenters. The van der Waals surface area contributed by atoms with Crippen molar-refractivity contribution < 1.29 is 23.7 Å². The summed E-state index contributed by atoms with van der Waals surface area (Å²) in [5.41, 5.74) is -1.74. The molecule has 19 heavy (non-hydrogen) atoms. The van der Waals surface area contributed by atoms with Gasteiger partial charge in [-0.25, -0.2) is 8.42 Å². The van der Waals surface area contributed by atoms with Crippen LogP contribution in [0.25, 0.3) is 0 Å². The number of benzene rings is 1. The highest BCUT2D eigenvalue weighted by molar-refractivity contribution is 9.10. The molecular formula is C10H13BrClNO5S. The first-order valence-corrected chi connectivity index (χ1v) is 7.77. The van der Waals surface area contributed by atoms with Crippen LogP contribution in [0, 0.1) is 0 Å². The Morgan fingerprint density at radius 1 is 1.21 bits per heavy atom. The first-order valence-electron chi connectivity index (χ1n) is 5.12. The molecule has 0 aliphatic carbocycles. The Balaban J connectivity index is 3.17. The van der Waals surface area contributed by atoms with Crippen molar-refractivity contribution in [2.75, 3.05) is 19.8 Å². The van der Waals surface area contributed by atoms with E-state index >= 15 is 0 Å². The van der Waals surface area contributed by atoms with Gasteiger partial charge in [-0.05, 0) is 18.2 Å². The van der Waals surface area contributed by atoms with Crippen LogP contribution in [0.1, 0.15) is 0 Å². The number of hydrogen-bond acceptors (Lipinski definition) is 5. The Kier molecular flexibility index (Phi) is 5.75. The van der Waals surface area contributed by atoms with Gasteiger partial charge in [-0.3, -0.25) is 0 Å². The van der Waals surface area contributed by atoms with E-state index in [1.807, 2.05) is 0 Å². The number of rotatable bonds is 6. The standard InChI is InChI=1S/C10H13BrClNO5S/c11-7-1-2-9(8(12)3-7)19(17,18)13-10(4-14,5-15)6-16/h1-3,13-16H,4-6H2. The van der Waals surface area contributed by atoms with Crippen LogP contribution in [0.5, 0.6) is 0 Å². The van der Waals surface area contributed by atoms with Crippen molar-refractivity contribution in [1.82, 2.24) is 4.72 Å². The summed E-state index contributed by atoms with van der Waals surface area (Å²) in [5.74, 6) is 0. The number of halogens is 2. The van der Waals surface area contributed by atoms with Crippen LogP contribution < -0.4 is 4.72 Å². The van der Waals surface area contributed by atoms with E-state index in [9.17, 15) is 8.42 Å². The van der Waals surface area contributed by atoms with Crippen molar-refractivity contribution in [3.8, 4) is 0 Å². The van der Waals surface area contributed by atoms with Gasteiger partial charge in [0.1, 0.15) is 10.4 Å². The minimum atomic E-state index is -4.08. The second-order valence-corrected chi connectivity index (χ2v) is 6.91. The summed E-state index contributed by atoms with van der Waals surface area (Å²) in [6.45, 7) is -2.27. The highest BCUT2D eigenvalue weighted by atomic mass is 79.9. The molecule has 0 saturated carbocycles. The summed E-state index contributed by atoms with van der Waals surface area (Å²) in [7, 11) is -4.08. The largest absolute Gasteiger partial charge is 0.394 e. The van der Waals surface area contributed by atoms with Gasteiger partial charge < -0.3 is 15.3 Å². The van der Waals surface area contributed by atoms with Crippen molar-refractivity contribution in [2.45, 2.75) is 10.4 Å². The number of aliphatic hydroxyl groups excluding tert-OH is 3. The molecule has 0 unspecified atom stereocenters. The van der Waals surface area contributed by atoms with Gasteiger partial charge >= 0.3 is 0 Å². The Morgan fingerprint density at radius 3 is 2.16 bits per heavy atom. The predicted octanol–water partition coefficient (Wildman–Crippen LogP) is 0.0965. The topological polar surface area (TPSA) is 107 Å². The molecule has 0 aliphatic rings. The molecule has 1 aromatic rings. The van der Waals surface area contributed by atoms with Crippen LogP contribution in [0.2, 0.25) is 5.02 Å². The van der Waals surface area contributed by atoms with Crippen LogP contribution in [0.15, 0.2) is 27.6 Å². The number of hydrogen-bond donors (Lipinski definition) is 4. The molecule has 108 valence electrons. The van der Waals surface area contributed by atoms with E-state index in [2.05, 4.69) is 20.7 Å². The monoisotopic (exact) mass is 373 g/mol. The summed E-state index contributed by atoms with van der Waals surface area (Å²) in [4.78, 5) is -0.211. The molecule has 1 aromatic carbocycles. The molecule has 0 heterocycles. The molecule has 0 aliphatic heterocycles. The average Bonchev–Trinajstić information content (AvgIpc) is 2.35. The van der Waals surface area contributed by atoms with Gasteiger partial charge in [0, 0.05) is 4.47 Å². The van der Waals surface area contributed by atoms with Crippen LogP contribution in [-0.2, 0) is 10.0 Å². The van der Waals surface area contributed by atoms with Crippen LogP contribution in [-0.4, -0.2) is 49.1 Å². The van der Waals surface area contributed by atoms with Gasteiger partial charge in [0.05, 0.1) is 24.8 Å². The number of aliphatic hydroxyl groups is 3. The normalized spacial score (nSPS) is 12.7. The fourth-order valence-corrected chi connectivity index (χ4v) is 3.69. The third-order valence-electron chi connectivity index (χ3n) is 2.44. The molecular weight excluding hydrogens is 362 g/mol. The maximum atomic E-state index is 12.1. The van der Waals surface area contributed by atoms with E-state index in [4.69, 9.17) is 26.9 Å². The van der Waals surface area contributed by atoms with E-state index in [1.165, 1.54) is 18.2 Å². The van der Waals surface area contributed by atoms with E-state index in [-0.39, 0.29) is 9.92 Å². The maximum absolute atomic E-state index is 12.1. The Bertz CT molecular complexity index is 539. The maximum Gasteiger partial charge on any atom is 0.242 e. The van der Waals surface area contributed by atoms with E-state index in [1.54, 1.807) is 0 Å². The zero-order chi connectivity index (χ0) is 14.7. The fraction of sp³-hybridized carbons (Fsp3) is 0.400. The molecule has 0 aromatic heterocycles. The van der Waals surface area contributed by atoms with E-state index in [0.29, 0.717) is 4.47 Å². The lowest BCUT2D eigenvalue weighted by Gasteiger charge is -2.28. The molecule has 0 saturated heterocycles. The second-order valence-electron chi connectivity index (χ2n) is 3.93. The minimum Gasteiger partial charge on any atom is -0.394 e. The van der Waals surface area contributed by atoms with Crippen LogP contribution in [0.4, 0.5) is 0 Å². The molecule has 1 rings (SSSR count). The molecule has 0 amide bonds. The molecule has 6 nitrogen and oxygen atoms in total. The van der Waals surface area contributed by atoms with Crippen molar-refractivity contribution in [3.05, 3.63) is 27.7 Å². The Hall–Kier alpha value is -0.220. The SMILES string of the molecule is O=S(=O)(NC(CO)(CO)CO)c1ccc(Br)cc1Cl. The zero-order valence-corrected chi connectivity index (χ0v) is 12.8. The fourth-order valence-electron chi connectivity index (χ4n) is 1.28. The van der Waals surface area contributed by atoms with Gasteiger partial charge in [0.15, 0.2) is 0 Å². The summed E-state index contributed by atoms with van der Waals surface area (Å²) in [6, 6.07) is 4.15. The van der Waals surface area contributed by atoms with Crippen LogP contribution >= 0.6 is 27.5 Å². The predicted molar refractivity (Wildman–Crippen MR) is 73.5 cm³/mol. The first-order chi connectivity index (χ1) is 8.80. The first kappa shape index (κ1) is 16.8. The highest BCUT2D eigenvalue weighted by Gasteiger charge is 2.34. The van der Waals surface area contributed by atoms with Crippen molar-refractivity contribution in [2.24, 2.45) is 0 Å². The second kappa shape index (κ2) is 6.49. The average molecular weight is 375 g/mol. The van der Waals surface area contributed by atoms with E-state index in [0.717, 1.165) is 0 Å². The highest BCUT2D eigenvalue weighted by Crippen LogP contribution is 2.26. The van der Waals surface area contributed by atoms with Gasteiger partial charge in [-0.15, -0.1) is 0 Å². The van der Waals surface area contributed by atoms with Crippen LogP contribution in [0.3, 0.4) is 0 Å². The minimum absolute atomic E-state index is 0.0235. The number of sulfonamides is 1. The lowest BCUT2D eigenvalue weighted by Crippen LogP contribution is -2.56. The quantitative estimate of drug-likeness (QED) is 0.565. The zero-order valence-electron chi connectivity index (χ0n) is 9.68. The van der Waals surface area contributed by atoms with Gasteiger partial charge in [0.2, 0.25) is 10.0 Å². The van der Waals surface area contributed by atoms with Crippen molar-refractivity contribution in [1.29, 1.82) is 0 Å². The van der Waals surface area contributed by atoms with E-state index < -0.39 is 35.4 Å². The lowest BCUT2D eigenvalue weighted by molar-refractivity contribution is 0.0582. The van der Waals surface area contributed by atoms with Crippen molar-refractivity contribution >= 4 is 37.6 Å². The molecule has 0 fully saturated rings. The summed E-state index contributed by atoms with van der Waals surface area (Å²) in [5, 5.41) is 27.3. The molecule has 9 heteroatoms. The molecule has 0 spiro atoms. The van der Waals surface area contributed by atoms with Gasteiger partial charge in [-0.2, -0.15) is 4.72 Å². The Labute approximate surface area is 124 Å². The Morgan fingerprint density at radius 2 is 1.74 bits per heavy atom.